The van der Waals surface area contributed by atoms with Crippen molar-refractivity contribution in [3.05, 3.63) is 64.3 Å². The zero-order chi connectivity index (χ0) is 20.1. The van der Waals surface area contributed by atoms with Crippen molar-refractivity contribution >= 4 is 26.9 Å². The van der Waals surface area contributed by atoms with Gasteiger partial charge < -0.3 is 9.72 Å². The summed E-state index contributed by atoms with van der Waals surface area (Å²) in [6.45, 7) is 4.39. The summed E-state index contributed by atoms with van der Waals surface area (Å²) in [7, 11) is -2.26. The predicted octanol–water partition coefficient (Wildman–Crippen LogP) is 3.32. The minimum Gasteiger partial charge on any atom is -0.465 e. The van der Waals surface area contributed by atoms with E-state index in [1.165, 1.54) is 11.4 Å². The van der Waals surface area contributed by atoms with Crippen LogP contribution in [0.2, 0.25) is 0 Å². The van der Waals surface area contributed by atoms with E-state index in [-0.39, 0.29) is 6.54 Å². The minimum absolute atomic E-state index is 0.273. The molecule has 0 bridgehead atoms. The average Bonchev–Trinajstić information content (AvgIpc) is 3.06. The van der Waals surface area contributed by atoms with Gasteiger partial charge in [0.15, 0.2) is 0 Å². The molecule has 0 saturated heterocycles. The fourth-order valence-corrected chi connectivity index (χ4v) is 5.48. The third-order valence-corrected chi connectivity index (χ3v) is 7.31. The molecule has 1 aliphatic rings. The van der Waals surface area contributed by atoms with Gasteiger partial charge in [0.1, 0.15) is 0 Å². The molecule has 0 saturated carbocycles. The van der Waals surface area contributed by atoms with Gasteiger partial charge in [-0.2, -0.15) is 4.31 Å². The highest BCUT2D eigenvalue weighted by Gasteiger charge is 2.31. The van der Waals surface area contributed by atoms with Crippen molar-refractivity contribution in [1.29, 1.82) is 0 Å². The monoisotopic (exact) mass is 398 g/mol. The Labute approximate surface area is 164 Å². The van der Waals surface area contributed by atoms with E-state index < -0.39 is 16.0 Å². The number of aryl methyl sites for hydroxylation is 2. The van der Waals surface area contributed by atoms with E-state index >= 15 is 0 Å². The summed E-state index contributed by atoms with van der Waals surface area (Å²) in [6.07, 6.45) is 0.599. The fourth-order valence-electron chi connectivity index (χ4n) is 3.76. The minimum atomic E-state index is -3.61. The van der Waals surface area contributed by atoms with Crippen molar-refractivity contribution in [3.63, 3.8) is 0 Å². The van der Waals surface area contributed by atoms with Gasteiger partial charge in [-0.3, -0.25) is 0 Å². The predicted molar refractivity (Wildman–Crippen MR) is 107 cm³/mol. The Morgan fingerprint density at radius 2 is 1.93 bits per heavy atom. The standard InChI is InChI=1S/C21H22N2O4S/c1-13-4-5-14(2)20(10-13)28(25,26)23-9-8-19-17(12-23)16-11-15(21(24)27-3)6-7-18(16)22-19/h4-7,10-11,22H,8-9,12H2,1-3H3. The summed E-state index contributed by atoms with van der Waals surface area (Å²) < 4.78 is 32.9. The number of fused-ring (bicyclic) bond motifs is 3. The van der Waals surface area contributed by atoms with Crippen LogP contribution >= 0.6 is 0 Å². The Morgan fingerprint density at radius 1 is 1.14 bits per heavy atom. The van der Waals surface area contributed by atoms with Crippen LogP contribution in [0.5, 0.6) is 0 Å². The number of carbonyl (C=O) groups excluding carboxylic acids is 1. The molecule has 146 valence electrons. The lowest BCUT2D eigenvalue weighted by Crippen LogP contribution is -2.36. The maximum Gasteiger partial charge on any atom is 0.337 e. The summed E-state index contributed by atoms with van der Waals surface area (Å²) in [4.78, 5) is 15.6. The number of hydrogen-bond donors (Lipinski definition) is 1. The molecule has 0 spiro atoms. The number of benzene rings is 2. The van der Waals surface area contributed by atoms with Crippen molar-refractivity contribution in [3.8, 4) is 0 Å². The molecular formula is C21H22N2O4S. The SMILES string of the molecule is COC(=O)c1ccc2[nH]c3c(c2c1)CN(S(=O)(=O)c1cc(C)ccc1C)CC3. The van der Waals surface area contributed by atoms with Gasteiger partial charge in [0.2, 0.25) is 10.0 Å². The Bertz CT molecular complexity index is 1190. The lowest BCUT2D eigenvalue weighted by molar-refractivity contribution is 0.0601. The molecule has 1 aromatic heterocycles. The first kappa shape index (κ1) is 18.7. The molecule has 0 fully saturated rings. The Balaban J connectivity index is 1.76. The maximum atomic E-state index is 13.3. The molecule has 3 aromatic rings. The van der Waals surface area contributed by atoms with Gasteiger partial charge in [-0.15, -0.1) is 0 Å². The number of nitrogens with zero attached hydrogens (tertiary/aromatic N) is 1. The van der Waals surface area contributed by atoms with Crippen molar-refractivity contribution in [2.45, 2.75) is 31.7 Å². The number of hydrogen-bond acceptors (Lipinski definition) is 4. The number of ether oxygens (including phenoxy) is 1. The van der Waals surface area contributed by atoms with Crippen LogP contribution in [0, 0.1) is 13.8 Å². The van der Waals surface area contributed by atoms with E-state index in [1.54, 1.807) is 18.2 Å². The van der Waals surface area contributed by atoms with Crippen LogP contribution in [0.25, 0.3) is 10.9 Å². The van der Waals surface area contributed by atoms with Gasteiger partial charge >= 0.3 is 5.97 Å². The molecule has 1 aliphatic heterocycles. The van der Waals surface area contributed by atoms with Gasteiger partial charge in [-0.05, 0) is 54.8 Å². The molecular weight excluding hydrogens is 376 g/mol. The first-order chi connectivity index (χ1) is 13.3. The number of rotatable bonds is 3. The molecule has 0 aliphatic carbocycles. The van der Waals surface area contributed by atoms with Crippen LogP contribution < -0.4 is 0 Å². The second-order valence-electron chi connectivity index (χ2n) is 7.19. The number of sulfonamides is 1. The van der Waals surface area contributed by atoms with E-state index in [0.29, 0.717) is 23.4 Å². The smallest absolute Gasteiger partial charge is 0.337 e. The second-order valence-corrected chi connectivity index (χ2v) is 9.10. The van der Waals surface area contributed by atoms with E-state index in [1.807, 2.05) is 32.0 Å². The molecule has 0 unspecified atom stereocenters. The van der Waals surface area contributed by atoms with E-state index in [0.717, 1.165) is 33.3 Å². The third kappa shape index (κ3) is 3.00. The van der Waals surface area contributed by atoms with Gasteiger partial charge in [0.05, 0.1) is 17.6 Å². The highest BCUT2D eigenvalue weighted by Crippen LogP contribution is 2.32. The van der Waals surface area contributed by atoms with Crippen LogP contribution in [0.15, 0.2) is 41.3 Å². The number of esters is 1. The first-order valence-corrected chi connectivity index (χ1v) is 10.5. The highest BCUT2D eigenvalue weighted by molar-refractivity contribution is 7.89. The average molecular weight is 398 g/mol. The third-order valence-electron chi connectivity index (χ3n) is 5.32. The normalized spacial score (nSPS) is 14.8. The van der Waals surface area contributed by atoms with Gasteiger partial charge in [0.25, 0.3) is 0 Å². The topological polar surface area (TPSA) is 79.5 Å². The van der Waals surface area contributed by atoms with Crippen LogP contribution in [0.3, 0.4) is 0 Å². The maximum absolute atomic E-state index is 13.3. The molecule has 0 atom stereocenters. The van der Waals surface area contributed by atoms with Crippen LogP contribution in [0.4, 0.5) is 0 Å². The Hall–Kier alpha value is -2.64. The van der Waals surface area contributed by atoms with Gasteiger partial charge in [0, 0.05) is 36.1 Å². The summed E-state index contributed by atoms with van der Waals surface area (Å²) >= 11 is 0. The van der Waals surface area contributed by atoms with Crippen molar-refractivity contribution < 1.29 is 17.9 Å². The molecule has 1 N–H and O–H groups in total. The van der Waals surface area contributed by atoms with E-state index in [2.05, 4.69) is 4.98 Å². The zero-order valence-electron chi connectivity index (χ0n) is 16.1. The summed E-state index contributed by atoms with van der Waals surface area (Å²) in [5.41, 5.74) is 4.93. The molecule has 2 aromatic carbocycles. The molecule has 4 rings (SSSR count). The number of aromatic amines is 1. The summed E-state index contributed by atoms with van der Waals surface area (Å²) in [5.74, 6) is -0.410. The lowest BCUT2D eigenvalue weighted by atomic mass is 10.0. The van der Waals surface area contributed by atoms with Gasteiger partial charge in [-0.1, -0.05) is 12.1 Å². The molecule has 2 heterocycles. The highest BCUT2D eigenvalue weighted by atomic mass is 32.2. The Kier molecular flexibility index (Phi) is 4.51. The fraction of sp³-hybridized carbons (Fsp3) is 0.286. The zero-order valence-corrected chi connectivity index (χ0v) is 16.9. The van der Waals surface area contributed by atoms with Crippen molar-refractivity contribution in [2.24, 2.45) is 0 Å². The molecule has 7 heteroatoms. The summed E-state index contributed by atoms with van der Waals surface area (Å²) in [6, 6.07) is 10.8. The van der Waals surface area contributed by atoms with Crippen LogP contribution in [-0.4, -0.2) is 37.3 Å². The number of H-pyrrole nitrogens is 1. The van der Waals surface area contributed by atoms with Crippen LogP contribution in [-0.2, 0) is 27.7 Å². The molecule has 0 amide bonds. The van der Waals surface area contributed by atoms with Crippen LogP contribution in [0.1, 0.15) is 32.7 Å². The lowest BCUT2D eigenvalue weighted by Gasteiger charge is -2.27. The quantitative estimate of drug-likeness (QED) is 0.687. The second kappa shape index (κ2) is 6.76. The number of aromatic nitrogens is 1. The van der Waals surface area contributed by atoms with Crippen molar-refractivity contribution in [1.82, 2.24) is 9.29 Å². The molecule has 28 heavy (non-hydrogen) atoms. The summed E-state index contributed by atoms with van der Waals surface area (Å²) in [5, 5.41) is 0.860. The van der Waals surface area contributed by atoms with E-state index in [4.69, 9.17) is 4.74 Å². The Morgan fingerprint density at radius 3 is 2.68 bits per heavy atom. The number of carbonyl (C=O) groups is 1. The molecule has 6 nitrogen and oxygen atoms in total. The first-order valence-electron chi connectivity index (χ1n) is 9.10. The van der Waals surface area contributed by atoms with Gasteiger partial charge in [-0.25, -0.2) is 13.2 Å². The number of methoxy groups -OCH3 is 1. The molecule has 0 radical (unpaired) electrons. The van der Waals surface area contributed by atoms with Crippen molar-refractivity contribution in [2.75, 3.05) is 13.7 Å². The largest absolute Gasteiger partial charge is 0.465 e. The number of nitrogens with one attached hydrogen (secondary N) is 1. The van der Waals surface area contributed by atoms with E-state index in [9.17, 15) is 13.2 Å².